The third-order valence-electron chi connectivity index (χ3n) is 4.57. The minimum atomic E-state index is -0.920. The Morgan fingerprint density at radius 1 is 1.17 bits per heavy atom. The second-order valence-electron chi connectivity index (χ2n) is 6.77. The van der Waals surface area contributed by atoms with Gasteiger partial charge in [-0.2, -0.15) is 5.10 Å². The molecule has 0 aliphatic rings. The zero-order chi connectivity index (χ0) is 20.7. The van der Waals surface area contributed by atoms with Gasteiger partial charge in [-0.3, -0.25) is 9.59 Å². The van der Waals surface area contributed by atoms with Crippen LogP contribution in [0.2, 0.25) is 0 Å². The molecule has 4 aromatic rings. The molecule has 0 saturated carbocycles. The van der Waals surface area contributed by atoms with Gasteiger partial charge in [-0.25, -0.2) is 9.07 Å². The van der Waals surface area contributed by atoms with E-state index < -0.39 is 28.6 Å². The Bertz CT molecular complexity index is 1320. The fraction of sp³-hybridized carbons (Fsp3) is 0.0952. The van der Waals surface area contributed by atoms with Crippen molar-refractivity contribution in [2.24, 2.45) is 0 Å². The van der Waals surface area contributed by atoms with Crippen LogP contribution in [0, 0.1) is 19.7 Å². The van der Waals surface area contributed by atoms with E-state index in [9.17, 15) is 19.1 Å². The summed E-state index contributed by atoms with van der Waals surface area (Å²) in [4.78, 5) is 27.7. The molecule has 29 heavy (non-hydrogen) atoms. The smallest absolute Gasteiger partial charge is 0.266 e. The van der Waals surface area contributed by atoms with Crippen molar-refractivity contribution >= 4 is 22.6 Å². The molecule has 0 atom stereocenters. The number of benzene rings is 2. The van der Waals surface area contributed by atoms with Crippen LogP contribution in [0.1, 0.15) is 21.5 Å². The maximum Gasteiger partial charge on any atom is 0.266 e. The Hall–Kier alpha value is -3.94. The molecule has 0 fully saturated rings. The molecule has 4 rings (SSSR count). The summed E-state index contributed by atoms with van der Waals surface area (Å²) in [5, 5.41) is 17.3. The topological polar surface area (TPSA) is 100 Å². The molecule has 0 aliphatic carbocycles. The van der Waals surface area contributed by atoms with Crippen LogP contribution in [0.5, 0.6) is 5.75 Å². The number of H-pyrrole nitrogens is 1. The first-order chi connectivity index (χ1) is 13.8. The summed E-state index contributed by atoms with van der Waals surface area (Å²) in [6.07, 6.45) is 1.35. The van der Waals surface area contributed by atoms with Gasteiger partial charge in [0.1, 0.15) is 22.8 Å². The standard InChI is InChI=1S/C21H17FN4O3/c1-11-4-3-5-13(8-11)26-19-14(10-23-26)18(27)17(21(29)25-19)20(28)24-16-7-6-12(2)9-15(16)22/h3-10H,1-2H3,(H,24,28)(H2,25,27,29). The van der Waals surface area contributed by atoms with Gasteiger partial charge in [0.05, 0.1) is 23.0 Å². The molecule has 0 aliphatic heterocycles. The molecule has 2 aromatic heterocycles. The Kier molecular flexibility index (Phi) is 4.38. The number of fused-ring (bicyclic) bond motifs is 1. The lowest BCUT2D eigenvalue weighted by atomic mass is 10.1. The summed E-state index contributed by atoms with van der Waals surface area (Å²) < 4.78 is 15.5. The predicted octanol–water partition coefficient (Wildman–Crippen LogP) is 3.43. The zero-order valence-corrected chi connectivity index (χ0v) is 15.7. The molecule has 1 amide bonds. The van der Waals surface area contributed by atoms with Crippen LogP contribution in [-0.2, 0) is 0 Å². The van der Waals surface area contributed by atoms with Crippen molar-refractivity contribution in [3.63, 3.8) is 0 Å². The number of aryl methyl sites for hydroxylation is 2. The number of hydrogen-bond donors (Lipinski definition) is 3. The highest BCUT2D eigenvalue weighted by molar-refractivity contribution is 6.08. The van der Waals surface area contributed by atoms with Crippen LogP contribution in [0.3, 0.4) is 0 Å². The highest BCUT2D eigenvalue weighted by Gasteiger charge is 2.22. The summed E-state index contributed by atoms with van der Waals surface area (Å²) in [5.41, 5.74) is 1.20. The van der Waals surface area contributed by atoms with Gasteiger partial charge in [0.15, 0.2) is 0 Å². The number of nitrogens with zero attached hydrogens (tertiary/aromatic N) is 2. The largest absolute Gasteiger partial charge is 0.506 e. The van der Waals surface area contributed by atoms with E-state index in [2.05, 4.69) is 15.4 Å². The fourth-order valence-electron chi connectivity index (χ4n) is 3.13. The first-order valence-electron chi connectivity index (χ1n) is 8.82. The first kappa shape index (κ1) is 18.4. The number of halogens is 1. The van der Waals surface area contributed by atoms with Gasteiger partial charge in [-0.1, -0.05) is 18.2 Å². The third kappa shape index (κ3) is 3.25. The molecule has 0 saturated heterocycles. The van der Waals surface area contributed by atoms with E-state index in [1.165, 1.54) is 23.0 Å². The second-order valence-corrected chi connectivity index (χ2v) is 6.77. The highest BCUT2D eigenvalue weighted by Crippen LogP contribution is 2.27. The Labute approximate surface area is 164 Å². The van der Waals surface area contributed by atoms with Crippen molar-refractivity contribution in [3.8, 4) is 11.4 Å². The molecule has 0 bridgehead atoms. The number of rotatable bonds is 3. The van der Waals surface area contributed by atoms with Crippen LogP contribution >= 0.6 is 0 Å². The maximum atomic E-state index is 14.0. The number of nitrogens with one attached hydrogen (secondary N) is 2. The van der Waals surface area contributed by atoms with Crippen molar-refractivity contribution in [1.29, 1.82) is 0 Å². The number of carbonyl (C=O) groups excluding carboxylic acids is 1. The van der Waals surface area contributed by atoms with Crippen molar-refractivity contribution in [1.82, 2.24) is 14.8 Å². The van der Waals surface area contributed by atoms with E-state index >= 15 is 0 Å². The Morgan fingerprint density at radius 2 is 1.93 bits per heavy atom. The zero-order valence-electron chi connectivity index (χ0n) is 15.7. The molecule has 3 N–H and O–H groups in total. The average molecular weight is 392 g/mol. The van der Waals surface area contributed by atoms with Crippen molar-refractivity contribution in [2.75, 3.05) is 5.32 Å². The number of aromatic amines is 1. The predicted molar refractivity (Wildman–Crippen MR) is 107 cm³/mol. The van der Waals surface area contributed by atoms with Gasteiger partial charge in [0.2, 0.25) is 0 Å². The van der Waals surface area contributed by atoms with Crippen LogP contribution in [0.25, 0.3) is 16.7 Å². The summed E-state index contributed by atoms with van der Waals surface area (Å²) in [6.45, 7) is 3.63. The monoisotopic (exact) mass is 392 g/mol. The van der Waals surface area contributed by atoms with E-state index in [0.717, 1.165) is 5.56 Å². The Balaban J connectivity index is 1.78. The second kappa shape index (κ2) is 6.90. The molecule has 0 spiro atoms. The third-order valence-corrected chi connectivity index (χ3v) is 4.57. The number of hydrogen-bond acceptors (Lipinski definition) is 4. The number of anilines is 1. The van der Waals surface area contributed by atoms with E-state index in [1.54, 1.807) is 19.1 Å². The lowest BCUT2D eigenvalue weighted by Gasteiger charge is -2.09. The number of pyridine rings is 1. The Morgan fingerprint density at radius 3 is 2.66 bits per heavy atom. The van der Waals surface area contributed by atoms with Crippen molar-refractivity contribution in [2.45, 2.75) is 13.8 Å². The molecule has 8 heteroatoms. The first-order valence-corrected chi connectivity index (χ1v) is 8.82. The molecular formula is C21H17FN4O3. The van der Waals surface area contributed by atoms with E-state index in [-0.39, 0.29) is 16.7 Å². The van der Waals surface area contributed by atoms with Crippen molar-refractivity contribution in [3.05, 3.63) is 81.5 Å². The molecule has 2 aromatic carbocycles. The van der Waals surface area contributed by atoms with Crippen LogP contribution < -0.4 is 10.9 Å². The van der Waals surface area contributed by atoms with E-state index in [4.69, 9.17) is 0 Å². The minimum Gasteiger partial charge on any atom is -0.506 e. The minimum absolute atomic E-state index is 0.0880. The molecule has 7 nitrogen and oxygen atoms in total. The van der Waals surface area contributed by atoms with Gasteiger partial charge >= 0.3 is 0 Å². The van der Waals surface area contributed by atoms with Crippen LogP contribution in [0.4, 0.5) is 10.1 Å². The molecule has 0 unspecified atom stereocenters. The summed E-state index contributed by atoms with van der Waals surface area (Å²) >= 11 is 0. The summed E-state index contributed by atoms with van der Waals surface area (Å²) in [6, 6.07) is 11.7. The summed E-state index contributed by atoms with van der Waals surface area (Å²) in [7, 11) is 0. The fourth-order valence-corrected chi connectivity index (χ4v) is 3.13. The quantitative estimate of drug-likeness (QED) is 0.497. The number of aromatic nitrogens is 3. The van der Waals surface area contributed by atoms with E-state index in [0.29, 0.717) is 11.3 Å². The molecular weight excluding hydrogens is 375 g/mol. The molecule has 0 radical (unpaired) electrons. The molecule has 146 valence electrons. The van der Waals surface area contributed by atoms with Gasteiger partial charge < -0.3 is 15.4 Å². The number of carbonyl (C=O) groups is 1. The van der Waals surface area contributed by atoms with Gasteiger partial charge in [0.25, 0.3) is 11.5 Å². The maximum absolute atomic E-state index is 14.0. The van der Waals surface area contributed by atoms with Gasteiger partial charge in [0, 0.05) is 0 Å². The van der Waals surface area contributed by atoms with Crippen molar-refractivity contribution < 1.29 is 14.3 Å². The van der Waals surface area contributed by atoms with Crippen LogP contribution in [0.15, 0.2) is 53.5 Å². The van der Waals surface area contributed by atoms with Gasteiger partial charge in [-0.15, -0.1) is 0 Å². The number of aromatic hydroxyl groups is 1. The van der Waals surface area contributed by atoms with E-state index in [1.807, 2.05) is 25.1 Å². The number of amides is 1. The summed E-state index contributed by atoms with van der Waals surface area (Å²) in [5.74, 6) is -2.08. The molecule has 2 heterocycles. The average Bonchev–Trinajstić information content (AvgIpc) is 3.08. The lowest BCUT2D eigenvalue weighted by Crippen LogP contribution is -2.24. The normalized spacial score (nSPS) is 11.0. The highest BCUT2D eigenvalue weighted by atomic mass is 19.1. The van der Waals surface area contributed by atoms with Crippen LogP contribution in [-0.4, -0.2) is 25.8 Å². The lowest BCUT2D eigenvalue weighted by molar-refractivity contribution is 0.102. The SMILES string of the molecule is Cc1cccc(-n2ncc3c(O)c(C(=O)Nc4ccc(C)cc4F)c(=O)[nH]c32)c1. The van der Waals surface area contributed by atoms with Gasteiger partial charge in [-0.05, 0) is 49.2 Å².